The standard InChI is InChI=1S/C12H25N5/c1-11(2)17-12(14-10-15-17)9-13-7-5-6-8-16(3)4/h10-11,13H,5-9H2,1-4H3. The Hall–Kier alpha value is -0.940. The van der Waals surface area contributed by atoms with E-state index < -0.39 is 0 Å². The first kappa shape index (κ1) is 14.1. The Morgan fingerprint density at radius 2 is 2.12 bits per heavy atom. The minimum absolute atomic E-state index is 0.378. The maximum absolute atomic E-state index is 4.26. The van der Waals surface area contributed by atoms with Gasteiger partial charge in [0, 0.05) is 6.04 Å². The lowest BCUT2D eigenvalue weighted by Crippen LogP contribution is -2.21. The predicted molar refractivity (Wildman–Crippen MR) is 69.9 cm³/mol. The molecule has 0 aliphatic carbocycles. The molecule has 0 saturated carbocycles. The third-order valence-electron chi connectivity index (χ3n) is 2.63. The van der Waals surface area contributed by atoms with E-state index in [4.69, 9.17) is 0 Å². The molecule has 5 nitrogen and oxygen atoms in total. The van der Waals surface area contributed by atoms with E-state index >= 15 is 0 Å². The molecule has 0 fully saturated rings. The van der Waals surface area contributed by atoms with Gasteiger partial charge in [-0.05, 0) is 53.9 Å². The normalized spacial score (nSPS) is 11.6. The molecule has 98 valence electrons. The molecule has 0 spiro atoms. The molecule has 0 aromatic carbocycles. The first-order valence-electron chi connectivity index (χ1n) is 6.35. The highest BCUT2D eigenvalue weighted by atomic mass is 15.3. The van der Waals surface area contributed by atoms with Crippen LogP contribution in [0.2, 0.25) is 0 Å². The van der Waals surface area contributed by atoms with Crippen LogP contribution in [0.4, 0.5) is 0 Å². The highest BCUT2D eigenvalue weighted by Crippen LogP contribution is 2.04. The van der Waals surface area contributed by atoms with Crippen molar-refractivity contribution in [3.63, 3.8) is 0 Å². The van der Waals surface area contributed by atoms with Crippen LogP contribution in [0, 0.1) is 0 Å². The quantitative estimate of drug-likeness (QED) is 0.694. The summed E-state index contributed by atoms with van der Waals surface area (Å²) in [6.45, 7) is 7.24. The third kappa shape index (κ3) is 5.28. The smallest absolute Gasteiger partial charge is 0.141 e. The van der Waals surface area contributed by atoms with Gasteiger partial charge in [-0.15, -0.1) is 0 Å². The van der Waals surface area contributed by atoms with Gasteiger partial charge in [0.25, 0.3) is 0 Å². The monoisotopic (exact) mass is 239 g/mol. The fraction of sp³-hybridized carbons (Fsp3) is 0.833. The summed E-state index contributed by atoms with van der Waals surface area (Å²) in [5.41, 5.74) is 0. The van der Waals surface area contributed by atoms with Gasteiger partial charge in [0.1, 0.15) is 12.2 Å². The lowest BCUT2D eigenvalue weighted by atomic mass is 10.3. The molecule has 0 bridgehead atoms. The van der Waals surface area contributed by atoms with E-state index in [1.165, 1.54) is 12.8 Å². The van der Waals surface area contributed by atoms with Gasteiger partial charge in [0.15, 0.2) is 0 Å². The minimum Gasteiger partial charge on any atom is -0.310 e. The van der Waals surface area contributed by atoms with Crippen molar-refractivity contribution in [2.45, 2.75) is 39.3 Å². The summed E-state index contributed by atoms with van der Waals surface area (Å²) < 4.78 is 1.97. The van der Waals surface area contributed by atoms with Gasteiger partial charge in [-0.3, -0.25) is 0 Å². The number of hydrogen-bond donors (Lipinski definition) is 1. The van der Waals surface area contributed by atoms with E-state index in [2.05, 4.69) is 48.2 Å². The van der Waals surface area contributed by atoms with Crippen molar-refractivity contribution < 1.29 is 0 Å². The molecule has 0 atom stereocenters. The van der Waals surface area contributed by atoms with Gasteiger partial charge in [0.2, 0.25) is 0 Å². The number of nitrogens with one attached hydrogen (secondary N) is 1. The lowest BCUT2D eigenvalue weighted by molar-refractivity contribution is 0.390. The molecule has 0 aliphatic rings. The first-order chi connectivity index (χ1) is 8.11. The zero-order valence-corrected chi connectivity index (χ0v) is 11.5. The lowest BCUT2D eigenvalue weighted by Gasteiger charge is -2.11. The largest absolute Gasteiger partial charge is 0.310 e. The molecule has 0 radical (unpaired) electrons. The van der Waals surface area contributed by atoms with Crippen LogP contribution in [0.5, 0.6) is 0 Å². The van der Waals surface area contributed by atoms with Gasteiger partial charge < -0.3 is 10.2 Å². The molecule has 1 aromatic heterocycles. The summed E-state index contributed by atoms with van der Waals surface area (Å²) in [6.07, 6.45) is 4.06. The van der Waals surface area contributed by atoms with Crippen LogP contribution in [0.1, 0.15) is 38.6 Å². The molecule has 1 aromatic rings. The van der Waals surface area contributed by atoms with Gasteiger partial charge in [-0.2, -0.15) is 5.10 Å². The van der Waals surface area contributed by atoms with Crippen LogP contribution in [0.3, 0.4) is 0 Å². The summed E-state index contributed by atoms with van der Waals surface area (Å²) in [6, 6.07) is 0.378. The second-order valence-corrected chi connectivity index (χ2v) is 4.90. The topological polar surface area (TPSA) is 46.0 Å². The molecule has 0 amide bonds. The van der Waals surface area contributed by atoms with E-state index in [1.807, 2.05) is 4.68 Å². The van der Waals surface area contributed by atoms with Crippen molar-refractivity contribution in [2.24, 2.45) is 0 Å². The highest BCUT2D eigenvalue weighted by molar-refractivity contribution is 4.85. The molecule has 0 aliphatic heterocycles. The molecule has 17 heavy (non-hydrogen) atoms. The Kier molecular flexibility index (Phi) is 6.15. The van der Waals surface area contributed by atoms with Crippen LogP contribution in [-0.2, 0) is 6.54 Å². The van der Waals surface area contributed by atoms with Crippen LogP contribution < -0.4 is 5.32 Å². The van der Waals surface area contributed by atoms with Crippen LogP contribution in [0.15, 0.2) is 6.33 Å². The van der Waals surface area contributed by atoms with Crippen LogP contribution in [0.25, 0.3) is 0 Å². The maximum atomic E-state index is 4.26. The van der Waals surface area contributed by atoms with Gasteiger partial charge in [-0.1, -0.05) is 0 Å². The Morgan fingerprint density at radius 1 is 1.35 bits per heavy atom. The summed E-state index contributed by atoms with van der Waals surface area (Å²) in [5.74, 6) is 1.02. The number of unbranched alkanes of at least 4 members (excludes halogenated alkanes) is 1. The minimum atomic E-state index is 0.378. The Morgan fingerprint density at radius 3 is 2.76 bits per heavy atom. The van der Waals surface area contributed by atoms with Crippen molar-refractivity contribution in [1.29, 1.82) is 0 Å². The van der Waals surface area contributed by atoms with Crippen LogP contribution in [-0.4, -0.2) is 46.8 Å². The third-order valence-corrected chi connectivity index (χ3v) is 2.63. The molecule has 0 saturated heterocycles. The van der Waals surface area contributed by atoms with Crippen molar-refractivity contribution >= 4 is 0 Å². The second-order valence-electron chi connectivity index (χ2n) is 4.90. The Labute approximate surface area is 104 Å². The van der Waals surface area contributed by atoms with Crippen molar-refractivity contribution in [2.75, 3.05) is 27.2 Å². The summed E-state index contributed by atoms with van der Waals surface area (Å²) in [5, 5.41) is 7.63. The molecule has 0 unspecified atom stereocenters. The Balaban J connectivity index is 2.16. The zero-order chi connectivity index (χ0) is 12.7. The molecule has 1 heterocycles. The summed E-state index contributed by atoms with van der Waals surface area (Å²) in [7, 11) is 4.22. The van der Waals surface area contributed by atoms with E-state index in [9.17, 15) is 0 Å². The molecular weight excluding hydrogens is 214 g/mol. The number of rotatable bonds is 8. The van der Waals surface area contributed by atoms with Gasteiger partial charge in [0.05, 0.1) is 6.54 Å². The Bertz CT molecular complexity index is 306. The molecule has 1 N–H and O–H groups in total. The zero-order valence-electron chi connectivity index (χ0n) is 11.5. The highest BCUT2D eigenvalue weighted by Gasteiger charge is 2.06. The van der Waals surface area contributed by atoms with E-state index in [1.54, 1.807) is 6.33 Å². The number of aromatic nitrogens is 3. The van der Waals surface area contributed by atoms with Crippen molar-refractivity contribution in [3.8, 4) is 0 Å². The number of nitrogens with zero attached hydrogens (tertiary/aromatic N) is 4. The summed E-state index contributed by atoms with van der Waals surface area (Å²) in [4.78, 5) is 6.48. The SMILES string of the molecule is CC(C)n1ncnc1CNCCCCN(C)C. The van der Waals surface area contributed by atoms with E-state index in [0.29, 0.717) is 6.04 Å². The predicted octanol–water partition coefficient (Wildman–Crippen LogP) is 1.29. The first-order valence-corrected chi connectivity index (χ1v) is 6.35. The second kappa shape index (κ2) is 7.40. The van der Waals surface area contributed by atoms with Crippen molar-refractivity contribution in [1.82, 2.24) is 25.0 Å². The van der Waals surface area contributed by atoms with E-state index in [0.717, 1.165) is 25.5 Å². The van der Waals surface area contributed by atoms with Crippen molar-refractivity contribution in [3.05, 3.63) is 12.2 Å². The average molecular weight is 239 g/mol. The van der Waals surface area contributed by atoms with Gasteiger partial charge >= 0.3 is 0 Å². The summed E-state index contributed by atoms with van der Waals surface area (Å²) >= 11 is 0. The maximum Gasteiger partial charge on any atom is 0.141 e. The fourth-order valence-corrected chi connectivity index (χ4v) is 1.71. The average Bonchev–Trinajstić information content (AvgIpc) is 2.71. The van der Waals surface area contributed by atoms with Crippen LogP contribution >= 0.6 is 0 Å². The fourth-order valence-electron chi connectivity index (χ4n) is 1.71. The number of hydrogen-bond acceptors (Lipinski definition) is 4. The van der Waals surface area contributed by atoms with Gasteiger partial charge in [-0.25, -0.2) is 9.67 Å². The molecule has 1 rings (SSSR count). The molecular formula is C12H25N5. The molecule has 5 heteroatoms. The van der Waals surface area contributed by atoms with E-state index in [-0.39, 0.29) is 0 Å².